The highest BCUT2D eigenvalue weighted by Crippen LogP contribution is 2.32. The first-order valence-corrected chi connectivity index (χ1v) is 6.34. The molecule has 0 aliphatic rings. The van der Waals surface area contributed by atoms with Gasteiger partial charge in [0.25, 0.3) is 0 Å². The second kappa shape index (κ2) is 4.02. The predicted octanol–water partition coefficient (Wildman–Crippen LogP) is 3.88. The zero-order chi connectivity index (χ0) is 11.8. The van der Waals surface area contributed by atoms with Crippen molar-refractivity contribution in [2.75, 3.05) is 0 Å². The summed E-state index contributed by atoms with van der Waals surface area (Å²) in [4.78, 5) is 0. The molecule has 1 unspecified atom stereocenters. The van der Waals surface area contributed by atoms with E-state index in [1.54, 1.807) is 11.3 Å². The molecule has 0 saturated carbocycles. The molecule has 0 aliphatic carbocycles. The molecule has 0 fully saturated rings. The van der Waals surface area contributed by atoms with E-state index in [-0.39, 0.29) is 0 Å². The Labute approximate surface area is 103 Å². The fourth-order valence-electron chi connectivity index (χ4n) is 1.99. The minimum Gasteiger partial charge on any atom is -0.463 e. The molecule has 0 spiro atoms. The summed E-state index contributed by atoms with van der Waals surface area (Å²) in [7, 11) is 0. The van der Waals surface area contributed by atoms with Crippen LogP contribution in [0.5, 0.6) is 0 Å². The van der Waals surface area contributed by atoms with Gasteiger partial charge in [0.2, 0.25) is 0 Å². The normalized spacial score (nSPS) is 13.1. The van der Waals surface area contributed by atoms with Crippen molar-refractivity contribution in [3.8, 4) is 0 Å². The van der Waals surface area contributed by atoms with Gasteiger partial charge in [-0.3, -0.25) is 0 Å². The van der Waals surface area contributed by atoms with Gasteiger partial charge in [0.1, 0.15) is 17.6 Å². The number of fused-ring (bicyclic) bond motifs is 1. The Bertz CT molecular complexity index is 651. The number of rotatable bonds is 2. The number of thiophene rings is 1. The molecule has 1 N–H and O–H groups in total. The molecule has 0 saturated heterocycles. The number of aliphatic hydroxyl groups excluding tert-OH is 1. The quantitative estimate of drug-likeness (QED) is 0.742. The van der Waals surface area contributed by atoms with Gasteiger partial charge in [-0.15, -0.1) is 11.3 Å². The van der Waals surface area contributed by atoms with Crippen LogP contribution in [0.4, 0.5) is 0 Å². The lowest BCUT2D eigenvalue weighted by Gasteiger charge is -2.09. The van der Waals surface area contributed by atoms with Crippen molar-refractivity contribution in [3.63, 3.8) is 0 Å². The molecule has 3 rings (SSSR count). The van der Waals surface area contributed by atoms with E-state index < -0.39 is 6.10 Å². The van der Waals surface area contributed by atoms with E-state index in [1.807, 2.05) is 36.6 Å². The largest absolute Gasteiger partial charge is 0.463 e. The summed E-state index contributed by atoms with van der Waals surface area (Å²) in [5.41, 5.74) is 0.909. The maximum atomic E-state index is 10.3. The lowest BCUT2D eigenvalue weighted by Crippen LogP contribution is -1.97. The maximum Gasteiger partial charge on any atom is 0.138 e. The van der Waals surface area contributed by atoms with E-state index >= 15 is 0 Å². The van der Waals surface area contributed by atoms with Gasteiger partial charge in [-0.25, -0.2) is 0 Å². The number of hydrogen-bond acceptors (Lipinski definition) is 3. The first kappa shape index (κ1) is 10.6. The Morgan fingerprint density at radius 1 is 1.18 bits per heavy atom. The van der Waals surface area contributed by atoms with Crippen LogP contribution >= 0.6 is 11.3 Å². The van der Waals surface area contributed by atoms with Gasteiger partial charge in [-0.05, 0) is 35.9 Å². The zero-order valence-electron chi connectivity index (χ0n) is 9.38. The molecule has 17 heavy (non-hydrogen) atoms. The third kappa shape index (κ3) is 1.77. The average Bonchev–Trinajstić information content (AvgIpc) is 2.95. The summed E-state index contributed by atoms with van der Waals surface area (Å²) < 4.78 is 6.60. The van der Waals surface area contributed by atoms with Crippen molar-refractivity contribution in [1.82, 2.24) is 0 Å². The van der Waals surface area contributed by atoms with Gasteiger partial charge >= 0.3 is 0 Å². The highest BCUT2D eigenvalue weighted by molar-refractivity contribution is 7.17. The Morgan fingerprint density at radius 3 is 2.82 bits per heavy atom. The van der Waals surface area contributed by atoms with Gasteiger partial charge in [-0.1, -0.05) is 18.2 Å². The van der Waals surface area contributed by atoms with Crippen LogP contribution in [-0.4, -0.2) is 5.11 Å². The summed E-state index contributed by atoms with van der Waals surface area (Å²) in [6.45, 7) is 1.88. The second-order valence-electron chi connectivity index (χ2n) is 4.04. The number of hydrogen-bond donors (Lipinski definition) is 1. The highest BCUT2D eigenvalue weighted by atomic mass is 32.1. The summed E-state index contributed by atoms with van der Waals surface area (Å²) in [6.07, 6.45) is -0.689. The minimum absolute atomic E-state index is 0.600. The molecule has 3 aromatic rings. The summed E-state index contributed by atoms with van der Waals surface area (Å²) in [5.74, 6) is 1.42. The van der Waals surface area contributed by atoms with Crippen molar-refractivity contribution in [3.05, 3.63) is 58.9 Å². The molecule has 0 amide bonds. The van der Waals surface area contributed by atoms with Crippen LogP contribution in [0.2, 0.25) is 0 Å². The fourth-order valence-corrected chi connectivity index (χ4v) is 2.92. The summed E-state index contributed by atoms with van der Waals surface area (Å²) in [6, 6.07) is 11.7. The van der Waals surface area contributed by atoms with Gasteiger partial charge in [-0.2, -0.15) is 0 Å². The van der Waals surface area contributed by atoms with E-state index in [0.29, 0.717) is 5.76 Å². The molecular formula is C14H12O2S. The fraction of sp³-hybridized carbons (Fsp3) is 0.143. The molecule has 0 bridgehead atoms. The Hall–Kier alpha value is -1.58. The Morgan fingerprint density at radius 2 is 2.06 bits per heavy atom. The molecule has 1 atom stereocenters. The topological polar surface area (TPSA) is 33.4 Å². The monoisotopic (exact) mass is 244 g/mol. The van der Waals surface area contributed by atoms with Crippen LogP contribution < -0.4 is 0 Å². The second-order valence-corrected chi connectivity index (χ2v) is 4.95. The van der Waals surface area contributed by atoms with E-state index in [4.69, 9.17) is 4.42 Å². The number of aliphatic hydroxyl groups is 1. The van der Waals surface area contributed by atoms with E-state index in [2.05, 4.69) is 12.1 Å². The van der Waals surface area contributed by atoms with Crippen molar-refractivity contribution >= 4 is 21.4 Å². The van der Waals surface area contributed by atoms with E-state index in [9.17, 15) is 5.11 Å². The predicted molar refractivity (Wildman–Crippen MR) is 69.3 cm³/mol. The standard InChI is InChI=1S/C14H12O2S/c1-9-5-6-12(16-9)13(15)11-4-2-3-10-7-8-17-14(10)11/h2-8,13,15H,1H3. The molecular weight excluding hydrogens is 232 g/mol. The number of furan rings is 1. The Balaban J connectivity index is 2.12. The van der Waals surface area contributed by atoms with Crippen LogP contribution in [0.1, 0.15) is 23.2 Å². The number of benzene rings is 1. The SMILES string of the molecule is Cc1ccc(C(O)c2cccc3ccsc23)o1. The third-order valence-electron chi connectivity index (χ3n) is 2.83. The first-order valence-electron chi connectivity index (χ1n) is 5.46. The molecule has 1 aromatic carbocycles. The van der Waals surface area contributed by atoms with E-state index in [0.717, 1.165) is 21.4 Å². The van der Waals surface area contributed by atoms with Crippen molar-refractivity contribution in [2.24, 2.45) is 0 Å². The van der Waals surface area contributed by atoms with Crippen molar-refractivity contribution in [2.45, 2.75) is 13.0 Å². The summed E-state index contributed by atoms with van der Waals surface area (Å²) >= 11 is 1.64. The number of aryl methyl sites for hydroxylation is 1. The smallest absolute Gasteiger partial charge is 0.138 e. The maximum absolute atomic E-state index is 10.3. The first-order chi connectivity index (χ1) is 8.25. The van der Waals surface area contributed by atoms with E-state index in [1.165, 1.54) is 0 Å². The van der Waals surface area contributed by atoms with Gasteiger partial charge in [0, 0.05) is 10.3 Å². The molecule has 2 aromatic heterocycles. The molecule has 86 valence electrons. The summed E-state index contributed by atoms with van der Waals surface area (Å²) in [5, 5.41) is 13.5. The zero-order valence-corrected chi connectivity index (χ0v) is 10.2. The van der Waals surface area contributed by atoms with Crippen LogP contribution in [-0.2, 0) is 0 Å². The van der Waals surface area contributed by atoms with Gasteiger partial charge in [0.05, 0.1) is 0 Å². The Kier molecular flexibility index (Phi) is 2.50. The average molecular weight is 244 g/mol. The molecule has 0 radical (unpaired) electrons. The lowest BCUT2D eigenvalue weighted by molar-refractivity contribution is 0.189. The van der Waals surface area contributed by atoms with Crippen LogP contribution in [0, 0.1) is 6.92 Å². The molecule has 2 nitrogen and oxygen atoms in total. The van der Waals surface area contributed by atoms with Crippen LogP contribution in [0.3, 0.4) is 0 Å². The minimum atomic E-state index is -0.689. The molecule has 2 heterocycles. The molecule has 0 aliphatic heterocycles. The molecule has 3 heteroatoms. The van der Waals surface area contributed by atoms with Gasteiger partial charge in [0.15, 0.2) is 0 Å². The highest BCUT2D eigenvalue weighted by Gasteiger charge is 2.17. The van der Waals surface area contributed by atoms with Crippen molar-refractivity contribution < 1.29 is 9.52 Å². The van der Waals surface area contributed by atoms with Crippen LogP contribution in [0.25, 0.3) is 10.1 Å². The van der Waals surface area contributed by atoms with Gasteiger partial charge < -0.3 is 9.52 Å². The lowest BCUT2D eigenvalue weighted by atomic mass is 10.1. The van der Waals surface area contributed by atoms with Crippen LogP contribution in [0.15, 0.2) is 46.2 Å². The van der Waals surface area contributed by atoms with Crippen molar-refractivity contribution in [1.29, 1.82) is 0 Å². The third-order valence-corrected chi connectivity index (χ3v) is 3.81.